The lowest BCUT2D eigenvalue weighted by atomic mass is 10.2. The van der Waals surface area contributed by atoms with Gasteiger partial charge in [-0.1, -0.05) is 22.5 Å². The van der Waals surface area contributed by atoms with E-state index in [0.29, 0.717) is 25.2 Å². The molecule has 0 amide bonds. The molecule has 1 aromatic carbocycles. The van der Waals surface area contributed by atoms with Crippen molar-refractivity contribution in [2.75, 3.05) is 6.61 Å². The first-order valence-corrected chi connectivity index (χ1v) is 7.48. The number of hydrogen-bond acceptors (Lipinski definition) is 2. The molecule has 0 aliphatic rings. The molecule has 0 saturated heterocycles. The Hall–Kier alpha value is -0.330. The Balaban J connectivity index is 2.50. The van der Waals surface area contributed by atoms with Crippen LogP contribution in [-0.2, 0) is 4.79 Å². The van der Waals surface area contributed by atoms with Crippen LogP contribution in [0.3, 0.4) is 0 Å². The van der Waals surface area contributed by atoms with Crippen LogP contribution in [0.25, 0.3) is 0 Å². The highest BCUT2D eigenvalue weighted by molar-refractivity contribution is 9.11. The van der Waals surface area contributed by atoms with Gasteiger partial charge in [0, 0.05) is 10.0 Å². The Morgan fingerprint density at radius 1 is 1.28 bits per heavy atom. The first-order valence-electron chi connectivity index (χ1n) is 5.10. The van der Waals surface area contributed by atoms with Gasteiger partial charge in [-0.2, -0.15) is 0 Å². The molecule has 1 rings (SSSR count). The van der Waals surface area contributed by atoms with Crippen molar-refractivity contribution in [2.24, 2.45) is 0 Å². The molecule has 0 heterocycles. The van der Waals surface area contributed by atoms with Gasteiger partial charge in [0.25, 0.3) is 0 Å². The summed E-state index contributed by atoms with van der Waals surface area (Å²) in [6.07, 6.45) is 1.03. The van der Waals surface area contributed by atoms with Crippen LogP contribution in [0.4, 0.5) is 0 Å². The molecule has 0 spiro atoms. The molecule has 3 nitrogen and oxygen atoms in total. The first-order chi connectivity index (χ1) is 8.41. The van der Waals surface area contributed by atoms with E-state index in [4.69, 9.17) is 9.84 Å². The van der Waals surface area contributed by atoms with Gasteiger partial charge in [-0.15, -0.1) is 0 Å². The Kier molecular flexibility index (Phi) is 6.38. The Bertz CT molecular complexity index is 449. The summed E-state index contributed by atoms with van der Waals surface area (Å²) in [5.41, 5.74) is 0.201. The van der Waals surface area contributed by atoms with E-state index in [-0.39, 0.29) is 5.57 Å². The second-order valence-electron chi connectivity index (χ2n) is 3.56. The number of halogens is 3. The number of hydrogen-bond donors (Lipinski definition) is 1. The molecule has 98 valence electrons. The van der Waals surface area contributed by atoms with Gasteiger partial charge in [0.2, 0.25) is 0 Å². The highest BCUT2D eigenvalue weighted by Crippen LogP contribution is 2.36. The van der Waals surface area contributed by atoms with Crippen LogP contribution in [0.5, 0.6) is 5.75 Å². The van der Waals surface area contributed by atoms with E-state index in [9.17, 15) is 4.79 Å². The van der Waals surface area contributed by atoms with Gasteiger partial charge in [-0.3, -0.25) is 0 Å². The number of carboxylic acid groups (broad SMARTS) is 1. The summed E-state index contributed by atoms with van der Waals surface area (Å²) in [6.45, 7) is 3.90. The van der Waals surface area contributed by atoms with Gasteiger partial charge in [0.05, 0.1) is 15.6 Å². The molecule has 0 radical (unpaired) electrons. The zero-order chi connectivity index (χ0) is 13.7. The summed E-state index contributed by atoms with van der Waals surface area (Å²) in [4.78, 5) is 10.5. The predicted octanol–water partition coefficient (Wildman–Crippen LogP) is 4.77. The van der Waals surface area contributed by atoms with Crippen LogP contribution >= 0.6 is 47.8 Å². The quantitative estimate of drug-likeness (QED) is 0.509. The topological polar surface area (TPSA) is 46.5 Å². The molecule has 0 fully saturated rings. The van der Waals surface area contributed by atoms with Crippen LogP contribution in [0.2, 0.25) is 0 Å². The molecule has 18 heavy (non-hydrogen) atoms. The van der Waals surface area contributed by atoms with Crippen molar-refractivity contribution in [1.82, 2.24) is 0 Å². The van der Waals surface area contributed by atoms with E-state index >= 15 is 0 Å². The van der Waals surface area contributed by atoms with Gasteiger partial charge in [-0.05, 0) is 56.8 Å². The lowest BCUT2D eigenvalue weighted by molar-refractivity contribution is -0.132. The number of carbonyl (C=O) groups is 1. The van der Waals surface area contributed by atoms with Crippen LogP contribution in [-0.4, -0.2) is 17.7 Å². The summed E-state index contributed by atoms with van der Waals surface area (Å²) in [7, 11) is 0. The van der Waals surface area contributed by atoms with Crippen molar-refractivity contribution in [3.05, 3.63) is 37.7 Å². The normalized spacial score (nSPS) is 10.2. The molecule has 1 aromatic rings. The minimum absolute atomic E-state index is 0.201. The fraction of sp³-hybridized carbons (Fsp3) is 0.250. The zero-order valence-corrected chi connectivity index (χ0v) is 14.1. The van der Waals surface area contributed by atoms with Crippen molar-refractivity contribution in [3.63, 3.8) is 0 Å². The number of carboxylic acids is 1. The van der Waals surface area contributed by atoms with Gasteiger partial charge in [0.1, 0.15) is 5.75 Å². The molecule has 1 N–H and O–H groups in total. The van der Waals surface area contributed by atoms with E-state index in [1.54, 1.807) is 0 Å². The smallest absolute Gasteiger partial charge is 0.330 e. The number of rotatable bonds is 6. The third kappa shape index (κ3) is 4.74. The molecule has 0 bridgehead atoms. The van der Waals surface area contributed by atoms with Crippen LogP contribution in [0, 0.1) is 0 Å². The molecule has 0 aromatic heterocycles. The van der Waals surface area contributed by atoms with Gasteiger partial charge in [-0.25, -0.2) is 4.79 Å². The molecular weight excluding hydrogens is 432 g/mol. The minimum atomic E-state index is -0.957. The maximum atomic E-state index is 10.5. The molecule has 0 saturated carbocycles. The third-order valence-corrected chi connectivity index (χ3v) is 3.77. The maximum Gasteiger partial charge on any atom is 0.330 e. The summed E-state index contributed by atoms with van der Waals surface area (Å²) in [5, 5.41) is 8.66. The zero-order valence-electron chi connectivity index (χ0n) is 9.38. The Morgan fingerprint density at radius 2 is 1.83 bits per heavy atom. The summed E-state index contributed by atoms with van der Waals surface area (Å²) >= 11 is 10.2. The Labute approximate surface area is 131 Å². The highest BCUT2D eigenvalue weighted by atomic mass is 79.9. The largest absolute Gasteiger partial charge is 0.491 e. The fourth-order valence-corrected chi connectivity index (χ4v) is 3.72. The highest BCUT2D eigenvalue weighted by Gasteiger charge is 2.09. The standard InChI is InChI=1S/C12H11Br3O3/c1-7(12(16)17)3-2-4-18-11-9(14)5-8(13)6-10(11)15/h5-6H,1-4H2,(H,16,17). The monoisotopic (exact) mass is 440 g/mol. The maximum absolute atomic E-state index is 10.5. The van der Waals surface area contributed by atoms with Crippen molar-refractivity contribution < 1.29 is 14.6 Å². The van der Waals surface area contributed by atoms with E-state index in [0.717, 1.165) is 13.4 Å². The van der Waals surface area contributed by atoms with Crippen molar-refractivity contribution in [3.8, 4) is 5.75 Å². The first kappa shape index (κ1) is 15.7. The predicted molar refractivity (Wildman–Crippen MR) is 81.0 cm³/mol. The average Bonchev–Trinajstić information content (AvgIpc) is 2.26. The summed E-state index contributed by atoms with van der Waals surface area (Å²) < 4.78 is 8.21. The fourth-order valence-electron chi connectivity index (χ4n) is 1.23. The second-order valence-corrected chi connectivity index (χ2v) is 6.18. The number of aliphatic carboxylic acids is 1. The van der Waals surface area contributed by atoms with E-state index in [1.165, 1.54) is 0 Å². The average molecular weight is 443 g/mol. The SMILES string of the molecule is C=C(CCCOc1c(Br)cc(Br)cc1Br)C(=O)O. The van der Waals surface area contributed by atoms with Crippen molar-refractivity contribution in [2.45, 2.75) is 12.8 Å². The third-order valence-electron chi connectivity index (χ3n) is 2.13. The second kappa shape index (κ2) is 7.31. The lowest BCUT2D eigenvalue weighted by Crippen LogP contribution is -2.03. The molecule has 0 atom stereocenters. The van der Waals surface area contributed by atoms with E-state index in [2.05, 4.69) is 54.4 Å². The summed E-state index contributed by atoms with van der Waals surface area (Å²) in [5.74, 6) is -0.250. The number of benzene rings is 1. The van der Waals surface area contributed by atoms with Crippen LogP contribution in [0.15, 0.2) is 37.7 Å². The molecular formula is C12H11Br3O3. The Morgan fingerprint density at radius 3 is 2.33 bits per heavy atom. The summed E-state index contributed by atoms with van der Waals surface area (Å²) in [6, 6.07) is 3.77. The molecule has 0 unspecified atom stereocenters. The molecule has 6 heteroatoms. The van der Waals surface area contributed by atoms with E-state index in [1.807, 2.05) is 12.1 Å². The van der Waals surface area contributed by atoms with Crippen molar-refractivity contribution >= 4 is 53.8 Å². The van der Waals surface area contributed by atoms with Crippen LogP contribution in [0.1, 0.15) is 12.8 Å². The molecule has 0 aliphatic heterocycles. The minimum Gasteiger partial charge on any atom is -0.491 e. The lowest BCUT2D eigenvalue weighted by Gasteiger charge is -2.10. The van der Waals surface area contributed by atoms with Gasteiger partial charge >= 0.3 is 5.97 Å². The van der Waals surface area contributed by atoms with Gasteiger partial charge < -0.3 is 9.84 Å². The van der Waals surface area contributed by atoms with E-state index < -0.39 is 5.97 Å². The van der Waals surface area contributed by atoms with Crippen LogP contribution < -0.4 is 4.74 Å². The number of ether oxygens (including phenoxy) is 1. The van der Waals surface area contributed by atoms with Gasteiger partial charge in [0.15, 0.2) is 0 Å². The van der Waals surface area contributed by atoms with Crippen molar-refractivity contribution in [1.29, 1.82) is 0 Å². The molecule has 0 aliphatic carbocycles.